The Morgan fingerprint density at radius 1 is 0.398 bits per heavy atom. The number of azide groups is 6. The zero-order chi connectivity index (χ0) is 64.0. The summed E-state index contributed by atoms with van der Waals surface area (Å²) in [5, 5.41) is 31.6. The van der Waals surface area contributed by atoms with E-state index in [9.17, 15) is 83.9 Å². The van der Waals surface area contributed by atoms with Crippen LogP contribution in [0.5, 0.6) is 23.0 Å². The fraction of sp³-hybridized carbons (Fsp3) is 0.176. The summed E-state index contributed by atoms with van der Waals surface area (Å²) < 4.78 is 106. The minimum absolute atomic E-state index is 0.0205. The Bertz CT molecular complexity index is 5070. The van der Waals surface area contributed by atoms with Gasteiger partial charge in [0.05, 0.1) is 34.2 Å². The van der Waals surface area contributed by atoms with Gasteiger partial charge in [0.2, 0.25) is 34.7 Å². The molecule has 37 heteroatoms. The van der Waals surface area contributed by atoms with Crippen LogP contribution >= 0.6 is 0 Å². The van der Waals surface area contributed by atoms with Crippen molar-refractivity contribution >= 4 is 82.1 Å². The van der Waals surface area contributed by atoms with E-state index in [1.165, 1.54) is 6.07 Å². The van der Waals surface area contributed by atoms with Crippen molar-refractivity contribution in [1.29, 1.82) is 0 Å². The van der Waals surface area contributed by atoms with Crippen molar-refractivity contribution in [2.45, 2.75) is 71.5 Å². The number of carbonyl (C=O) groups excluding carboxylic acids is 6. The number of allylic oxidation sites excluding steroid dienone is 3. The van der Waals surface area contributed by atoms with E-state index in [0.717, 1.165) is 72.8 Å². The molecule has 88 heavy (non-hydrogen) atoms. The highest BCUT2D eigenvalue weighted by Gasteiger charge is 2.58. The Kier molecular flexibility index (Phi) is 14.0. The number of phenols is 1. The zero-order valence-corrected chi connectivity index (χ0v) is 47.2. The fourth-order valence-corrected chi connectivity index (χ4v) is 15.2. The van der Waals surface area contributed by atoms with Crippen molar-refractivity contribution < 1.29 is 71.7 Å². The molecule has 0 amide bonds. The second-order valence-corrected chi connectivity index (χ2v) is 25.3. The van der Waals surface area contributed by atoms with Crippen LogP contribution in [-0.4, -0.2) is 65.1 Å². The van der Waals surface area contributed by atoms with E-state index in [2.05, 4.69) is 60.2 Å². The Balaban J connectivity index is 1.18. The lowest BCUT2D eigenvalue weighted by molar-refractivity contribution is -0.112. The van der Waals surface area contributed by atoms with Gasteiger partial charge in [-0.2, -0.15) is 25.3 Å². The Hall–Kier alpha value is -11.8. The minimum Gasteiger partial charge on any atom is -0.504 e. The van der Waals surface area contributed by atoms with Gasteiger partial charge >= 0.3 is 30.4 Å². The second kappa shape index (κ2) is 20.8. The summed E-state index contributed by atoms with van der Waals surface area (Å²) in [6.07, 6.45) is 0.0411. The topological polar surface area (TPSA) is 545 Å². The number of fused-ring (bicyclic) bond motifs is 7. The SMILES string of the molecule is CC1(C)CC2(CC(C)(C)c3cc(OS(=O)(=O)c4cccc5c4C(N=[N+]=[N-])=C(N=[N+]=[N-])C(=O)C5=O)c(OS(=O)(=O)c4cccc5c4C(N=[N+]=[N-])=C(N=[N+]=[N-])C(=O)C5=O)cc32)c2cc(O)c(OS(=O)(=O)c3cccc4c3C(N=[N+]=[N-])=C(N=[N+]=[N-])C(=O)C4=O)cc21. The molecule has 0 fully saturated rings. The normalized spacial score (nSPS) is 17.8. The molecule has 1 spiro atoms. The molecule has 5 aromatic carbocycles. The Morgan fingerprint density at radius 2 is 0.670 bits per heavy atom. The van der Waals surface area contributed by atoms with E-state index < -0.39 is 187 Å². The Morgan fingerprint density at radius 3 is 0.989 bits per heavy atom. The quantitative estimate of drug-likeness (QED) is 0.0334. The molecular formula is C51H30N18O16S3. The number of rotatable bonds is 15. The molecule has 10 rings (SSSR count). The molecule has 1 atom stereocenters. The molecule has 5 aliphatic carbocycles. The highest BCUT2D eigenvalue weighted by molar-refractivity contribution is 7.87. The van der Waals surface area contributed by atoms with Crippen LogP contribution in [-0.2, 0) is 61.0 Å². The van der Waals surface area contributed by atoms with Gasteiger partial charge in [-0.3, -0.25) is 28.8 Å². The molecule has 1 N–H and O–H groups in total. The van der Waals surface area contributed by atoms with E-state index in [1.807, 2.05) is 0 Å². The third kappa shape index (κ3) is 9.10. The number of benzene rings is 5. The van der Waals surface area contributed by atoms with Gasteiger partial charge in [0, 0.05) is 68.3 Å². The molecule has 0 aliphatic heterocycles. The first-order chi connectivity index (χ1) is 41.5. The predicted octanol–water partition coefficient (Wildman–Crippen LogP) is 10.5. The van der Waals surface area contributed by atoms with Crippen molar-refractivity contribution in [2.75, 3.05) is 0 Å². The molecular weight excluding hydrogens is 1220 g/mol. The molecule has 0 heterocycles. The summed E-state index contributed by atoms with van der Waals surface area (Å²) in [6, 6.07) is 13.1. The number of carbonyl (C=O) groups is 6. The van der Waals surface area contributed by atoms with E-state index in [4.69, 9.17) is 12.5 Å². The van der Waals surface area contributed by atoms with Gasteiger partial charge in [0.1, 0.15) is 14.7 Å². The van der Waals surface area contributed by atoms with Crippen LogP contribution < -0.4 is 12.5 Å². The lowest BCUT2D eigenvalue weighted by atomic mass is 9.72. The first kappa shape index (κ1) is 59.4. The molecule has 0 radical (unpaired) electrons. The third-order valence-electron chi connectivity index (χ3n) is 14.9. The molecule has 34 nitrogen and oxygen atoms in total. The van der Waals surface area contributed by atoms with Crippen molar-refractivity contribution in [1.82, 2.24) is 0 Å². The lowest BCUT2D eigenvalue weighted by Gasteiger charge is -2.30. The summed E-state index contributed by atoms with van der Waals surface area (Å²) in [5.41, 5.74) is 43.5. The van der Waals surface area contributed by atoms with Gasteiger partial charge in [0.25, 0.3) is 0 Å². The van der Waals surface area contributed by atoms with Crippen LogP contribution in [0, 0.1) is 0 Å². The lowest BCUT2D eigenvalue weighted by Crippen LogP contribution is -2.27. The molecule has 438 valence electrons. The third-order valence-corrected chi connectivity index (χ3v) is 18.7. The molecule has 0 bridgehead atoms. The highest BCUT2D eigenvalue weighted by Crippen LogP contribution is 2.65. The maximum Gasteiger partial charge on any atom is 0.339 e. The standard InChI is InChI=1S/C51H30N18O16S3/c1-49(2)18-51(25-14-27(70)28(15-23(25)49)83-86(77,78)31-11-5-8-20-34(31)37(58-64-52)40(61-67-55)46(74)43(20)71)19-50(3,4)24-16-29(84-87(79,80)32-12-6-9-21-35(32)38(59-65-53)41(62-68-56)47(75)44(21)72)30(17-26(24)51)85-88(81,82)33-13-7-10-22-36(33)39(60-66-54)42(63-69-57)48(76)45(22)73/h5-17,70H,18-19H2,1-4H3. The molecule has 0 aromatic heterocycles. The van der Waals surface area contributed by atoms with Crippen molar-refractivity contribution in [3.8, 4) is 23.0 Å². The average molecular weight is 1250 g/mol. The largest absolute Gasteiger partial charge is 0.504 e. The van der Waals surface area contributed by atoms with Crippen LogP contribution in [0.4, 0.5) is 0 Å². The van der Waals surface area contributed by atoms with E-state index in [-0.39, 0.29) is 29.5 Å². The summed E-state index contributed by atoms with van der Waals surface area (Å²) in [7, 11) is -16.4. The van der Waals surface area contributed by atoms with Crippen LogP contribution in [0.1, 0.15) is 111 Å². The number of ketones is 6. The van der Waals surface area contributed by atoms with Crippen molar-refractivity contribution in [3.63, 3.8) is 0 Å². The maximum atomic E-state index is 15.1. The maximum absolute atomic E-state index is 15.1. The van der Waals surface area contributed by atoms with E-state index >= 15 is 8.42 Å². The van der Waals surface area contributed by atoms with Crippen LogP contribution in [0.25, 0.3) is 79.7 Å². The Labute approximate surface area is 491 Å². The first-order valence-electron chi connectivity index (χ1n) is 24.6. The number of aromatic hydroxyl groups is 1. The number of nitrogens with zero attached hydrogens (tertiary/aromatic N) is 18. The van der Waals surface area contributed by atoms with Gasteiger partial charge in [-0.05, 0) is 122 Å². The van der Waals surface area contributed by atoms with Crippen LogP contribution in [0.3, 0.4) is 0 Å². The molecule has 1 unspecified atom stereocenters. The van der Waals surface area contributed by atoms with Gasteiger partial charge in [-0.25, -0.2) is 0 Å². The fourth-order valence-electron chi connectivity index (χ4n) is 11.7. The number of Topliss-reactive ketones (excluding diaryl/α,β-unsaturated/α-hetero) is 6. The van der Waals surface area contributed by atoms with Gasteiger partial charge < -0.3 is 17.7 Å². The number of phenolic OH excluding ortho intramolecular Hbond substituents is 1. The summed E-state index contributed by atoms with van der Waals surface area (Å²) in [4.78, 5) is 91.7. The second-order valence-electron chi connectivity index (χ2n) is 20.8. The predicted molar refractivity (Wildman–Crippen MR) is 297 cm³/mol. The van der Waals surface area contributed by atoms with E-state index in [0.29, 0.717) is 5.56 Å². The molecule has 0 saturated carbocycles. The van der Waals surface area contributed by atoms with E-state index in [1.54, 1.807) is 27.7 Å². The summed E-state index contributed by atoms with van der Waals surface area (Å²) >= 11 is 0. The molecule has 5 aliphatic rings. The number of hydrogen-bond donors (Lipinski definition) is 1. The minimum atomic E-state index is -5.61. The highest BCUT2D eigenvalue weighted by atomic mass is 32.2. The number of hydrogen-bond acceptors (Lipinski definition) is 22. The monoisotopic (exact) mass is 1250 g/mol. The van der Waals surface area contributed by atoms with Crippen molar-refractivity contribution in [2.24, 2.45) is 30.7 Å². The van der Waals surface area contributed by atoms with Gasteiger partial charge in [-0.15, -0.1) is 0 Å². The van der Waals surface area contributed by atoms with Crippen LogP contribution in [0.15, 0.2) is 141 Å². The summed E-state index contributed by atoms with van der Waals surface area (Å²) in [6.45, 7) is 6.82. The first-order valence-corrected chi connectivity index (χ1v) is 28.8. The van der Waals surface area contributed by atoms with Gasteiger partial charge in [-0.1, -0.05) is 94.8 Å². The van der Waals surface area contributed by atoms with Crippen LogP contribution in [0.2, 0.25) is 0 Å². The molecule has 5 aromatic rings. The summed E-state index contributed by atoms with van der Waals surface area (Å²) in [5.74, 6) is -12.0. The zero-order valence-electron chi connectivity index (χ0n) is 44.8. The van der Waals surface area contributed by atoms with Gasteiger partial charge in [0.15, 0.2) is 23.0 Å². The smallest absolute Gasteiger partial charge is 0.339 e. The molecule has 0 saturated heterocycles. The average Bonchev–Trinajstić information content (AvgIpc) is 1.50. The van der Waals surface area contributed by atoms with Crippen molar-refractivity contribution in [3.05, 3.63) is 214 Å².